The number of nitrogens with zero attached hydrogens (tertiary/aromatic N) is 5. The molecule has 2 aromatic heterocycles. The quantitative estimate of drug-likeness (QED) is 0.775. The second-order valence-electron chi connectivity index (χ2n) is 6.85. The van der Waals surface area contributed by atoms with Crippen molar-refractivity contribution in [1.29, 1.82) is 0 Å². The van der Waals surface area contributed by atoms with Gasteiger partial charge < -0.3 is 0 Å². The van der Waals surface area contributed by atoms with Crippen molar-refractivity contribution in [2.75, 3.05) is 27.2 Å². The van der Waals surface area contributed by atoms with E-state index in [0.29, 0.717) is 13.1 Å². The van der Waals surface area contributed by atoms with E-state index in [0.717, 1.165) is 42.9 Å². The van der Waals surface area contributed by atoms with Crippen LogP contribution in [0.15, 0.2) is 30.5 Å². The summed E-state index contributed by atoms with van der Waals surface area (Å²) in [5.41, 5.74) is 2.99. The maximum absolute atomic E-state index is 12.3. The smallest absolute Gasteiger partial charge is 0.263 e. The van der Waals surface area contributed by atoms with Crippen LogP contribution in [-0.2, 0) is 16.8 Å². The van der Waals surface area contributed by atoms with Crippen molar-refractivity contribution in [2.45, 2.75) is 38.6 Å². The van der Waals surface area contributed by atoms with Crippen LogP contribution < -0.4 is 0 Å². The lowest BCUT2D eigenvalue weighted by molar-refractivity contribution is 0.300. The van der Waals surface area contributed by atoms with Crippen molar-refractivity contribution in [3.8, 4) is 11.4 Å². The summed E-state index contributed by atoms with van der Waals surface area (Å²) in [4.78, 5) is 4.86. The molecule has 26 heavy (non-hydrogen) atoms. The van der Waals surface area contributed by atoms with Crippen molar-refractivity contribution in [3.05, 3.63) is 36.2 Å². The van der Waals surface area contributed by atoms with E-state index in [9.17, 15) is 8.42 Å². The molecule has 1 aliphatic rings. The van der Waals surface area contributed by atoms with Gasteiger partial charge in [0.15, 0.2) is 0 Å². The van der Waals surface area contributed by atoms with Crippen LogP contribution in [0.4, 0.5) is 0 Å². The normalized spacial score (nSPS) is 17.1. The van der Waals surface area contributed by atoms with Gasteiger partial charge in [0, 0.05) is 51.5 Å². The van der Waals surface area contributed by atoms with E-state index in [1.165, 1.54) is 4.31 Å². The number of rotatable bonds is 6. The Labute approximate surface area is 155 Å². The molecular weight excluding hydrogens is 350 g/mol. The predicted molar refractivity (Wildman–Crippen MR) is 102 cm³/mol. The van der Waals surface area contributed by atoms with Gasteiger partial charge >= 0.3 is 0 Å². The molecule has 3 heterocycles. The molecule has 7 nitrogen and oxygen atoms in total. The van der Waals surface area contributed by atoms with Crippen LogP contribution >= 0.6 is 0 Å². The number of hydrogen-bond donors (Lipinski definition) is 0. The Bertz CT molecular complexity index is 839. The minimum atomic E-state index is -3.33. The lowest BCUT2D eigenvalue weighted by atomic mass is 9.94. The SMILES string of the molecule is CCCn1nccc1-c1cccc(C2CCN(S(=O)(=O)N(C)C)CC2)n1. The molecule has 3 rings (SSSR count). The summed E-state index contributed by atoms with van der Waals surface area (Å²) in [6.45, 7) is 4.07. The highest BCUT2D eigenvalue weighted by Crippen LogP contribution is 2.29. The van der Waals surface area contributed by atoms with Crippen LogP contribution in [0.25, 0.3) is 11.4 Å². The largest absolute Gasteiger partial charge is 0.281 e. The predicted octanol–water partition coefficient (Wildman–Crippen LogP) is 2.34. The fourth-order valence-corrected chi connectivity index (χ4v) is 4.51. The van der Waals surface area contributed by atoms with E-state index in [-0.39, 0.29) is 5.92 Å². The minimum absolute atomic E-state index is 0.283. The Balaban J connectivity index is 1.75. The van der Waals surface area contributed by atoms with Crippen LogP contribution in [0.5, 0.6) is 0 Å². The molecule has 0 N–H and O–H groups in total. The number of pyridine rings is 1. The highest BCUT2D eigenvalue weighted by Gasteiger charge is 2.30. The Kier molecular flexibility index (Phi) is 5.74. The van der Waals surface area contributed by atoms with Crippen LogP contribution in [-0.4, -0.2) is 59.0 Å². The molecule has 0 amide bonds. The fourth-order valence-electron chi connectivity index (χ4n) is 3.37. The first-order valence-corrected chi connectivity index (χ1v) is 10.5. The molecule has 0 aromatic carbocycles. The van der Waals surface area contributed by atoms with Crippen LogP contribution in [0, 0.1) is 0 Å². The molecule has 0 atom stereocenters. The second kappa shape index (κ2) is 7.85. The van der Waals surface area contributed by atoms with Gasteiger partial charge in [-0.15, -0.1) is 0 Å². The molecule has 0 unspecified atom stereocenters. The van der Waals surface area contributed by atoms with E-state index in [2.05, 4.69) is 12.0 Å². The summed E-state index contributed by atoms with van der Waals surface area (Å²) in [5, 5.41) is 4.38. The van der Waals surface area contributed by atoms with Gasteiger partial charge in [-0.05, 0) is 37.5 Å². The van der Waals surface area contributed by atoms with Gasteiger partial charge in [-0.25, -0.2) is 0 Å². The van der Waals surface area contributed by atoms with Gasteiger partial charge in [0.2, 0.25) is 0 Å². The fraction of sp³-hybridized carbons (Fsp3) is 0.556. The lowest BCUT2D eigenvalue weighted by Gasteiger charge is -2.32. The maximum Gasteiger partial charge on any atom is 0.281 e. The first-order chi connectivity index (χ1) is 12.4. The highest BCUT2D eigenvalue weighted by atomic mass is 32.2. The third kappa shape index (κ3) is 3.82. The molecule has 142 valence electrons. The summed E-state index contributed by atoms with van der Waals surface area (Å²) in [5.74, 6) is 0.283. The second-order valence-corrected chi connectivity index (χ2v) is 8.99. The molecule has 1 fully saturated rings. The molecular formula is C18H27N5O2S. The Morgan fingerprint density at radius 1 is 1.19 bits per heavy atom. The van der Waals surface area contributed by atoms with Gasteiger partial charge in [0.05, 0.1) is 11.4 Å². The molecule has 8 heteroatoms. The van der Waals surface area contributed by atoms with Gasteiger partial charge in [-0.2, -0.15) is 22.1 Å². The molecule has 2 aromatic rings. The van der Waals surface area contributed by atoms with Gasteiger partial charge in [-0.1, -0.05) is 13.0 Å². The average Bonchev–Trinajstić information content (AvgIpc) is 3.10. The first kappa shape index (κ1) is 19.0. The summed E-state index contributed by atoms with van der Waals surface area (Å²) in [7, 11) is -0.176. The van der Waals surface area contributed by atoms with Crippen molar-refractivity contribution in [2.24, 2.45) is 0 Å². The van der Waals surface area contributed by atoms with E-state index >= 15 is 0 Å². The number of piperidine rings is 1. The van der Waals surface area contributed by atoms with E-state index < -0.39 is 10.2 Å². The molecule has 1 aliphatic heterocycles. The average molecular weight is 378 g/mol. The minimum Gasteiger partial charge on any atom is -0.263 e. The van der Waals surface area contributed by atoms with Crippen molar-refractivity contribution in [3.63, 3.8) is 0 Å². The monoisotopic (exact) mass is 377 g/mol. The van der Waals surface area contributed by atoms with Crippen molar-refractivity contribution in [1.82, 2.24) is 23.4 Å². The summed E-state index contributed by atoms with van der Waals surface area (Å²) in [6.07, 6.45) is 4.41. The number of hydrogen-bond acceptors (Lipinski definition) is 4. The molecule has 0 aliphatic carbocycles. The zero-order chi connectivity index (χ0) is 18.7. The first-order valence-electron chi connectivity index (χ1n) is 9.10. The van der Waals surface area contributed by atoms with Crippen molar-refractivity contribution < 1.29 is 8.42 Å². The van der Waals surface area contributed by atoms with Crippen molar-refractivity contribution >= 4 is 10.2 Å². The van der Waals surface area contributed by atoms with Crippen LogP contribution in [0.1, 0.15) is 37.8 Å². The maximum atomic E-state index is 12.3. The summed E-state index contributed by atoms with van der Waals surface area (Å²) >= 11 is 0. The zero-order valence-electron chi connectivity index (χ0n) is 15.7. The summed E-state index contributed by atoms with van der Waals surface area (Å²) < 4.78 is 29.3. The topological polar surface area (TPSA) is 71.3 Å². The number of aryl methyl sites for hydroxylation is 1. The molecule has 0 radical (unpaired) electrons. The highest BCUT2D eigenvalue weighted by molar-refractivity contribution is 7.86. The molecule has 0 saturated carbocycles. The van der Waals surface area contributed by atoms with Gasteiger partial charge in [0.1, 0.15) is 0 Å². The van der Waals surface area contributed by atoms with E-state index in [4.69, 9.17) is 4.98 Å². The van der Waals surface area contributed by atoms with Crippen LogP contribution in [0.3, 0.4) is 0 Å². The Morgan fingerprint density at radius 2 is 1.92 bits per heavy atom. The van der Waals surface area contributed by atoms with E-state index in [1.807, 2.05) is 35.1 Å². The van der Waals surface area contributed by atoms with Gasteiger partial charge in [-0.3, -0.25) is 9.67 Å². The Hall–Kier alpha value is -1.77. The lowest BCUT2D eigenvalue weighted by Crippen LogP contribution is -2.44. The number of aromatic nitrogens is 3. The molecule has 0 spiro atoms. The van der Waals surface area contributed by atoms with E-state index in [1.54, 1.807) is 18.4 Å². The third-order valence-electron chi connectivity index (χ3n) is 4.84. The third-order valence-corrected chi connectivity index (χ3v) is 6.79. The van der Waals surface area contributed by atoms with Crippen LogP contribution in [0.2, 0.25) is 0 Å². The summed E-state index contributed by atoms with van der Waals surface area (Å²) in [6, 6.07) is 8.08. The standard InChI is InChI=1S/C18H27N5O2S/c1-4-12-23-18(8-11-19-23)17-7-5-6-16(20-17)15-9-13-22(14-10-15)26(24,25)21(2)3/h5-8,11,15H,4,9-10,12-14H2,1-3H3. The molecule has 0 bridgehead atoms. The Morgan fingerprint density at radius 3 is 2.58 bits per heavy atom. The van der Waals surface area contributed by atoms with Gasteiger partial charge in [0.25, 0.3) is 10.2 Å². The zero-order valence-corrected chi connectivity index (χ0v) is 16.5. The molecule has 1 saturated heterocycles.